The van der Waals surface area contributed by atoms with E-state index >= 15 is 0 Å². The lowest BCUT2D eigenvalue weighted by Crippen LogP contribution is -2.53. The highest BCUT2D eigenvalue weighted by atomic mass is 16.5. The fourth-order valence-corrected chi connectivity index (χ4v) is 2.61. The van der Waals surface area contributed by atoms with Crippen LogP contribution in [0.2, 0.25) is 0 Å². The fraction of sp³-hybridized carbons (Fsp3) is 0.625. The number of carbonyl (C=O) groups is 1. The normalized spacial score (nSPS) is 16.7. The number of ether oxygens (including phenoxy) is 1. The van der Waals surface area contributed by atoms with Crippen molar-refractivity contribution in [3.05, 3.63) is 30.1 Å². The molecule has 0 bridgehead atoms. The molecule has 5 heteroatoms. The van der Waals surface area contributed by atoms with E-state index < -0.39 is 0 Å². The van der Waals surface area contributed by atoms with E-state index in [9.17, 15) is 4.79 Å². The average molecular weight is 291 g/mol. The minimum absolute atomic E-state index is 0.102. The molecule has 0 unspecified atom stereocenters. The Morgan fingerprint density at radius 1 is 1.33 bits per heavy atom. The van der Waals surface area contributed by atoms with Crippen LogP contribution in [0.3, 0.4) is 0 Å². The first-order valence-corrected chi connectivity index (χ1v) is 7.55. The third kappa shape index (κ3) is 5.81. The smallest absolute Gasteiger partial charge is 0.220 e. The summed E-state index contributed by atoms with van der Waals surface area (Å²) in [4.78, 5) is 18.4. The quantitative estimate of drug-likeness (QED) is 0.857. The molecular weight excluding hydrogens is 266 g/mol. The standard InChI is InChI=1S/C16H25N3O2/c1-16(2,13-19-9-11-21-12-10-19)18-15(20)4-3-14-5-7-17-8-6-14/h5-8H,3-4,9-13H2,1-2H3,(H,18,20). The van der Waals surface area contributed by atoms with Gasteiger partial charge >= 0.3 is 0 Å². The predicted octanol–water partition coefficient (Wildman–Crippen LogP) is 1.24. The lowest BCUT2D eigenvalue weighted by molar-refractivity contribution is -0.123. The van der Waals surface area contributed by atoms with Crippen LogP contribution in [0.25, 0.3) is 0 Å². The summed E-state index contributed by atoms with van der Waals surface area (Å²) in [5.41, 5.74) is 0.929. The van der Waals surface area contributed by atoms with Crippen molar-refractivity contribution in [3.8, 4) is 0 Å². The van der Waals surface area contributed by atoms with Crippen LogP contribution >= 0.6 is 0 Å². The minimum Gasteiger partial charge on any atom is -0.379 e. The summed E-state index contributed by atoms with van der Waals surface area (Å²) in [6.07, 6.45) is 4.78. The van der Waals surface area contributed by atoms with Gasteiger partial charge in [0.15, 0.2) is 0 Å². The van der Waals surface area contributed by atoms with Crippen molar-refractivity contribution in [1.29, 1.82) is 0 Å². The summed E-state index contributed by atoms with van der Waals surface area (Å²) in [6, 6.07) is 3.90. The Balaban J connectivity index is 1.74. The van der Waals surface area contributed by atoms with Crippen LogP contribution < -0.4 is 5.32 Å². The van der Waals surface area contributed by atoms with Crippen molar-refractivity contribution >= 4 is 5.91 Å². The highest BCUT2D eigenvalue weighted by Crippen LogP contribution is 2.09. The number of morpholine rings is 1. The topological polar surface area (TPSA) is 54.5 Å². The first-order valence-electron chi connectivity index (χ1n) is 7.55. The van der Waals surface area contributed by atoms with Gasteiger partial charge in [-0.2, -0.15) is 0 Å². The van der Waals surface area contributed by atoms with E-state index in [4.69, 9.17) is 4.74 Å². The van der Waals surface area contributed by atoms with Gasteiger partial charge in [-0.15, -0.1) is 0 Å². The summed E-state index contributed by atoms with van der Waals surface area (Å²) in [5.74, 6) is 0.102. The van der Waals surface area contributed by atoms with Gasteiger partial charge in [0.25, 0.3) is 0 Å². The second kappa shape index (κ2) is 7.52. The first kappa shape index (κ1) is 15.9. The molecule has 1 aliphatic rings. The molecular formula is C16H25N3O2. The van der Waals surface area contributed by atoms with Gasteiger partial charge in [0, 0.05) is 44.0 Å². The maximum absolute atomic E-state index is 12.1. The molecule has 2 rings (SSSR count). The number of aryl methyl sites for hydroxylation is 1. The number of nitrogens with one attached hydrogen (secondary N) is 1. The monoisotopic (exact) mass is 291 g/mol. The summed E-state index contributed by atoms with van der Waals surface area (Å²) in [7, 11) is 0. The molecule has 1 aromatic rings. The molecule has 0 spiro atoms. The molecule has 2 heterocycles. The fourth-order valence-electron chi connectivity index (χ4n) is 2.61. The number of nitrogens with zero attached hydrogens (tertiary/aromatic N) is 2. The Morgan fingerprint density at radius 3 is 2.67 bits per heavy atom. The second-order valence-electron chi connectivity index (χ2n) is 6.18. The van der Waals surface area contributed by atoms with Gasteiger partial charge in [-0.25, -0.2) is 0 Å². The van der Waals surface area contributed by atoms with E-state index in [2.05, 4.69) is 29.0 Å². The minimum atomic E-state index is -0.216. The van der Waals surface area contributed by atoms with Gasteiger partial charge in [-0.05, 0) is 38.0 Å². The Kier molecular flexibility index (Phi) is 5.70. The number of hydrogen-bond donors (Lipinski definition) is 1. The van der Waals surface area contributed by atoms with E-state index in [1.54, 1.807) is 12.4 Å². The van der Waals surface area contributed by atoms with E-state index in [1.807, 2.05) is 12.1 Å². The molecule has 1 aliphatic heterocycles. The molecule has 1 amide bonds. The van der Waals surface area contributed by atoms with E-state index in [-0.39, 0.29) is 11.4 Å². The Bertz CT molecular complexity index is 442. The summed E-state index contributed by atoms with van der Waals surface area (Å²) in [5, 5.41) is 3.14. The van der Waals surface area contributed by atoms with E-state index in [1.165, 1.54) is 0 Å². The van der Waals surface area contributed by atoms with Crippen LogP contribution in [-0.4, -0.2) is 54.2 Å². The average Bonchev–Trinajstić information content (AvgIpc) is 2.46. The van der Waals surface area contributed by atoms with Crippen LogP contribution in [0, 0.1) is 0 Å². The highest BCUT2D eigenvalue weighted by molar-refractivity contribution is 5.77. The van der Waals surface area contributed by atoms with Crippen molar-refractivity contribution < 1.29 is 9.53 Å². The predicted molar refractivity (Wildman–Crippen MR) is 82.0 cm³/mol. The van der Waals surface area contributed by atoms with Crippen molar-refractivity contribution in [3.63, 3.8) is 0 Å². The molecule has 0 saturated carbocycles. The molecule has 1 fully saturated rings. The first-order chi connectivity index (χ1) is 10.1. The largest absolute Gasteiger partial charge is 0.379 e. The van der Waals surface area contributed by atoms with Crippen molar-refractivity contribution in [2.45, 2.75) is 32.2 Å². The van der Waals surface area contributed by atoms with Crippen LogP contribution in [0.4, 0.5) is 0 Å². The molecule has 1 saturated heterocycles. The molecule has 1 N–H and O–H groups in total. The highest BCUT2D eigenvalue weighted by Gasteiger charge is 2.24. The van der Waals surface area contributed by atoms with E-state index in [0.29, 0.717) is 6.42 Å². The van der Waals surface area contributed by atoms with Gasteiger partial charge in [0.1, 0.15) is 0 Å². The van der Waals surface area contributed by atoms with Gasteiger partial charge in [-0.1, -0.05) is 0 Å². The van der Waals surface area contributed by atoms with Gasteiger partial charge in [0.05, 0.1) is 13.2 Å². The molecule has 21 heavy (non-hydrogen) atoms. The third-order valence-electron chi connectivity index (χ3n) is 3.59. The number of pyridine rings is 1. The maximum Gasteiger partial charge on any atom is 0.220 e. The lowest BCUT2D eigenvalue weighted by Gasteiger charge is -2.35. The zero-order chi connectivity index (χ0) is 15.1. The van der Waals surface area contributed by atoms with Crippen molar-refractivity contribution in [1.82, 2.24) is 15.2 Å². The summed E-state index contributed by atoms with van der Waals surface area (Å²) < 4.78 is 5.35. The van der Waals surface area contributed by atoms with Gasteiger partial charge < -0.3 is 10.1 Å². The number of hydrogen-bond acceptors (Lipinski definition) is 4. The molecule has 5 nitrogen and oxygen atoms in total. The lowest BCUT2D eigenvalue weighted by atomic mass is 10.0. The molecule has 0 aromatic carbocycles. The van der Waals surface area contributed by atoms with Crippen LogP contribution in [-0.2, 0) is 16.0 Å². The van der Waals surface area contributed by atoms with Gasteiger partial charge in [0.2, 0.25) is 5.91 Å². The maximum atomic E-state index is 12.1. The van der Waals surface area contributed by atoms with Crippen molar-refractivity contribution in [2.75, 3.05) is 32.8 Å². The number of carbonyl (C=O) groups excluding carboxylic acids is 1. The molecule has 1 aromatic heterocycles. The Labute approximate surface area is 126 Å². The zero-order valence-electron chi connectivity index (χ0n) is 13.0. The van der Waals surface area contributed by atoms with Crippen LogP contribution in [0.1, 0.15) is 25.8 Å². The molecule has 116 valence electrons. The molecule has 0 radical (unpaired) electrons. The second-order valence-corrected chi connectivity index (χ2v) is 6.18. The van der Waals surface area contributed by atoms with Crippen molar-refractivity contribution in [2.24, 2.45) is 0 Å². The van der Waals surface area contributed by atoms with Crippen LogP contribution in [0.5, 0.6) is 0 Å². The number of rotatable bonds is 6. The summed E-state index contributed by atoms with van der Waals surface area (Å²) >= 11 is 0. The number of amides is 1. The SMILES string of the molecule is CC(C)(CN1CCOCC1)NC(=O)CCc1ccncc1. The van der Waals surface area contributed by atoms with E-state index in [0.717, 1.165) is 44.8 Å². The number of aromatic nitrogens is 1. The zero-order valence-corrected chi connectivity index (χ0v) is 13.0. The Morgan fingerprint density at radius 2 is 2.00 bits per heavy atom. The van der Waals surface area contributed by atoms with Crippen LogP contribution in [0.15, 0.2) is 24.5 Å². The molecule has 0 aliphatic carbocycles. The summed E-state index contributed by atoms with van der Waals surface area (Å²) in [6.45, 7) is 8.46. The molecule has 0 atom stereocenters. The van der Waals surface area contributed by atoms with Gasteiger partial charge in [-0.3, -0.25) is 14.7 Å². The third-order valence-corrected chi connectivity index (χ3v) is 3.59. The Hall–Kier alpha value is -1.46.